The maximum Gasteiger partial charge on any atom is 0.154 e. The number of ether oxygens (including phenoxy) is 1. The van der Waals surface area contributed by atoms with Gasteiger partial charge in [0.25, 0.3) is 0 Å². The molecule has 0 N–H and O–H groups in total. The van der Waals surface area contributed by atoms with E-state index in [1.54, 1.807) is 0 Å². The van der Waals surface area contributed by atoms with Crippen LogP contribution < -0.4 is 0 Å². The summed E-state index contributed by atoms with van der Waals surface area (Å²) in [5, 5.41) is 0. The van der Waals surface area contributed by atoms with Crippen molar-refractivity contribution in [3.8, 4) is 0 Å². The minimum Gasteiger partial charge on any atom is -0.379 e. The SMILES string of the molecule is Ic1nc2c(s1)CCN(CCCCN1CCOCC1)C2. The molecule has 4 nitrogen and oxygen atoms in total. The molecule has 0 bridgehead atoms. The van der Waals surface area contributed by atoms with Crippen molar-refractivity contribution < 1.29 is 4.74 Å². The third kappa shape index (κ3) is 4.13. The zero-order chi connectivity index (χ0) is 13.8. The zero-order valence-corrected chi connectivity index (χ0v) is 14.8. The van der Waals surface area contributed by atoms with Crippen LogP contribution in [0.25, 0.3) is 0 Å². The van der Waals surface area contributed by atoms with E-state index in [0.29, 0.717) is 0 Å². The molecule has 6 heteroatoms. The Bertz CT molecular complexity index is 434. The molecule has 112 valence electrons. The summed E-state index contributed by atoms with van der Waals surface area (Å²) in [7, 11) is 0. The predicted molar refractivity (Wildman–Crippen MR) is 90.3 cm³/mol. The van der Waals surface area contributed by atoms with Gasteiger partial charge in [-0.05, 0) is 54.9 Å². The molecule has 0 aliphatic carbocycles. The molecule has 3 rings (SSSR count). The van der Waals surface area contributed by atoms with Crippen LogP contribution in [0, 0.1) is 3.01 Å². The summed E-state index contributed by atoms with van der Waals surface area (Å²) in [6, 6.07) is 0. The number of thiazole rings is 1. The normalized spacial score (nSPS) is 21.1. The lowest BCUT2D eigenvalue weighted by Crippen LogP contribution is -2.37. The monoisotopic (exact) mass is 407 g/mol. The summed E-state index contributed by atoms with van der Waals surface area (Å²) in [6.07, 6.45) is 3.80. The van der Waals surface area contributed by atoms with E-state index in [2.05, 4.69) is 37.4 Å². The second-order valence-electron chi connectivity index (χ2n) is 5.52. The summed E-state index contributed by atoms with van der Waals surface area (Å²) >= 11 is 4.21. The van der Waals surface area contributed by atoms with Gasteiger partial charge in [0, 0.05) is 31.1 Å². The van der Waals surface area contributed by atoms with E-state index in [1.165, 1.54) is 52.5 Å². The number of morpholine rings is 1. The van der Waals surface area contributed by atoms with E-state index in [1.807, 2.05) is 11.3 Å². The van der Waals surface area contributed by atoms with Crippen molar-refractivity contribution in [2.75, 3.05) is 45.9 Å². The Morgan fingerprint density at radius 1 is 1.10 bits per heavy atom. The number of rotatable bonds is 5. The fourth-order valence-corrected chi connectivity index (χ4v) is 4.78. The molecule has 0 atom stereocenters. The van der Waals surface area contributed by atoms with E-state index >= 15 is 0 Å². The third-order valence-corrected chi connectivity index (χ3v) is 5.93. The van der Waals surface area contributed by atoms with Crippen molar-refractivity contribution in [3.05, 3.63) is 13.6 Å². The van der Waals surface area contributed by atoms with Gasteiger partial charge in [0.15, 0.2) is 3.01 Å². The molecular formula is C14H22IN3OS. The highest BCUT2D eigenvalue weighted by atomic mass is 127. The summed E-state index contributed by atoms with van der Waals surface area (Å²) in [4.78, 5) is 11.3. The van der Waals surface area contributed by atoms with Crippen LogP contribution in [-0.2, 0) is 17.7 Å². The predicted octanol–water partition coefficient (Wildman–Crippen LogP) is 2.22. The second kappa shape index (κ2) is 7.49. The molecule has 0 aromatic carbocycles. The zero-order valence-electron chi connectivity index (χ0n) is 11.8. The molecule has 1 fully saturated rings. The van der Waals surface area contributed by atoms with Crippen LogP contribution >= 0.6 is 33.9 Å². The van der Waals surface area contributed by atoms with E-state index < -0.39 is 0 Å². The largest absolute Gasteiger partial charge is 0.379 e. The van der Waals surface area contributed by atoms with Gasteiger partial charge in [0.2, 0.25) is 0 Å². The van der Waals surface area contributed by atoms with E-state index in [0.717, 1.165) is 32.8 Å². The summed E-state index contributed by atoms with van der Waals surface area (Å²) < 4.78 is 6.58. The standard InChI is InChI=1S/C14H22IN3OS/c15-14-16-12-11-18(6-3-13(12)20-14)5-2-1-4-17-7-9-19-10-8-17/h1-11H2. The lowest BCUT2D eigenvalue weighted by Gasteiger charge is -2.28. The molecule has 1 saturated heterocycles. The van der Waals surface area contributed by atoms with Crippen molar-refractivity contribution in [2.24, 2.45) is 0 Å². The third-order valence-electron chi connectivity index (χ3n) is 4.08. The minimum absolute atomic E-state index is 0.914. The van der Waals surface area contributed by atoms with Crippen LogP contribution in [-0.4, -0.2) is 60.7 Å². The lowest BCUT2D eigenvalue weighted by atomic mass is 10.1. The van der Waals surface area contributed by atoms with Crippen LogP contribution in [0.5, 0.6) is 0 Å². The average Bonchev–Trinajstić information content (AvgIpc) is 2.84. The molecule has 0 radical (unpaired) electrons. The van der Waals surface area contributed by atoms with Crippen LogP contribution in [0.1, 0.15) is 23.4 Å². The first-order chi connectivity index (χ1) is 9.81. The van der Waals surface area contributed by atoms with E-state index in [4.69, 9.17) is 4.74 Å². The van der Waals surface area contributed by atoms with Crippen molar-refractivity contribution in [3.63, 3.8) is 0 Å². The van der Waals surface area contributed by atoms with Gasteiger partial charge in [-0.1, -0.05) is 0 Å². The Hall–Kier alpha value is 0.240. The Kier molecular flexibility index (Phi) is 5.67. The van der Waals surface area contributed by atoms with Crippen molar-refractivity contribution in [1.29, 1.82) is 0 Å². The molecule has 20 heavy (non-hydrogen) atoms. The molecule has 3 heterocycles. The number of unbranched alkanes of at least 4 members (excludes halogenated alkanes) is 1. The van der Waals surface area contributed by atoms with Gasteiger partial charge in [-0.2, -0.15) is 0 Å². The molecule has 0 saturated carbocycles. The van der Waals surface area contributed by atoms with Gasteiger partial charge < -0.3 is 4.74 Å². The highest BCUT2D eigenvalue weighted by Crippen LogP contribution is 2.25. The maximum atomic E-state index is 5.38. The topological polar surface area (TPSA) is 28.6 Å². The van der Waals surface area contributed by atoms with Crippen molar-refractivity contribution >= 4 is 33.9 Å². The van der Waals surface area contributed by atoms with E-state index in [9.17, 15) is 0 Å². The summed E-state index contributed by atoms with van der Waals surface area (Å²) in [5.74, 6) is 0. The summed E-state index contributed by atoms with van der Waals surface area (Å²) in [5.41, 5.74) is 1.33. The van der Waals surface area contributed by atoms with Gasteiger partial charge in [0.1, 0.15) is 0 Å². The Morgan fingerprint density at radius 2 is 1.85 bits per heavy atom. The highest BCUT2D eigenvalue weighted by Gasteiger charge is 2.19. The lowest BCUT2D eigenvalue weighted by molar-refractivity contribution is 0.0368. The van der Waals surface area contributed by atoms with Crippen LogP contribution in [0.2, 0.25) is 0 Å². The molecule has 2 aliphatic heterocycles. The van der Waals surface area contributed by atoms with Gasteiger partial charge in [-0.25, -0.2) is 4.98 Å². The van der Waals surface area contributed by atoms with Gasteiger partial charge in [0.05, 0.1) is 18.9 Å². The number of hydrogen-bond acceptors (Lipinski definition) is 5. The Balaban J connectivity index is 1.35. The second-order valence-corrected chi connectivity index (χ2v) is 8.36. The fourth-order valence-electron chi connectivity index (χ4n) is 2.91. The molecular weight excluding hydrogens is 385 g/mol. The fraction of sp³-hybridized carbons (Fsp3) is 0.786. The van der Waals surface area contributed by atoms with Crippen molar-refractivity contribution in [2.45, 2.75) is 25.8 Å². The summed E-state index contributed by atoms with van der Waals surface area (Å²) in [6.45, 7) is 8.79. The molecule has 1 aromatic heterocycles. The molecule has 0 spiro atoms. The average molecular weight is 407 g/mol. The number of hydrogen-bond donors (Lipinski definition) is 0. The van der Waals surface area contributed by atoms with Gasteiger partial charge in [-0.3, -0.25) is 9.80 Å². The van der Waals surface area contributed by atoms with Crippen LogP contribution in [0.4, 0.5) is 0 Å². The smallest absolute Gasteiger partial charge is 0.154 e. The minimum atomic E-state index is 0.914. The maximum absolute atomic E-state index is 5.38. The van der Waals surface area contributed by atoms with E-state index in [-0.39, 0.29) is 0 Å². The number of nitrogens with zero attached hydrogens (tertiary/aromatic N) is 3. The number of aromatic nitrogens is 1. The van der Waals surface area contributed by atoms with Crippen molar-refractivity contribution in [1.82, 2.24) is 14.8 Å². The number of halogens is 1. The highest BCUT2D eigenvalue weighted by molar-refractivity contribution is 14.1. The Labute approximate surface area is 138 Å². The molecule has 0 amide bonds. The molecule has 2 aliphatic rings. The van der Waals surface area contributed by atoms with Gasteiger partial charge in [-0.15, -0.1) is 11.3 Å². The Morgan fingerprint density at radius 3 is 2.65 bits per heavy atom. The first kappa shape index (κ1) is 15.1. The van der Waals surface area contributed by atoms with Crippen LogP contribution in [0.3, 0.4) is 0 Å². The molecule has 1 aromatic rings. The molecule has 0 unspecified atom stereocenters. The van der Waals surface area contributed by atoms with Crippen LogP contribution in [0.15, 0.2) is 0 Å². The van der Waals surface area contributed by atoms with Gasteiger partial charge >= 0.3 is 0 Å². The first-order valence-electron chi connectivity index (χ1n) is 7.48. The quantitative estimate of drug-likeness (QED) is 0.553. The first-order valence-corrected chi connectivity index (χ1v) is 9.37. The number of fused-ring (bicyclic) bond motifs is 1.